The average Bonchev–Trinajstić information content (AvgIpc) is 2.35. The molecule has 0 aliphatic rings. The van der Waals surface area contributed by atoms with Gasteiger partial charge in [0.15, 0.2) is 0 Å². The summed E-state index contributed by atoms with van der Waals surface area (Å²) in [6.07, 6.45) is 3.81. The Bertz CT molecular complexity index is 488. The number of hydrogen-bond acceptors (Lipinski definition) is 4. The minimum absolute atomic E-state index is 0.157. The lowest BCUT2D eigenvalue weighted by molar-refractivity contribution is 0.299. The molecule has 1 N–H and O–H groups in total. The van der Waals surface area contributed by atoms with Crippen molar-refractivity contribution in [3.8, 4) is 11.6 Å². The van der Waals surface area contributed by atoms with Crippen molar-refractivity contribution < 1.29 is 9.84 Å². The van der Waals surface area contributed by atoms with Crippen LogP contribution in [0, 0.1) is 3.57 Å². The molecule has 5 heteroatoms. The van der Waals surface area contributed by atoms with E-state index in [0.29, 0.717) is 12.3 Å². The standard InChI is InChI=1S/C12H11IN2O2/c13-11-7-14-8-15-12(11)17-10-3-1-9(2-4-10)5-6-16/h1-4,7-8,16H,5-6H2. The van der Waals surface area contributed by atoms with E-state index in [9.17, 15) is 0 Å². The maximum atomic E-state index is 8.81. The first-order chi connectivity index (χ1) is 8.29. The van der Waals surface area contributed by atoms with Crippen molar-refractivity contribution in [2.45, 2.75) is 6.42 Å². The molecule has 0 amide bonds. The predicted octanol–water partition coefficient (Wildman–Crippen LogP) is 2.41. The van der Waals surface area contributed by atoms with Gasteiger partial charge in [0.2, 0.25) is 5.88 Å². The topological polar surface area (TPSA) is 55.2 Å². The quantitative estimate of drug-likeness (QED) is 0.867. The van der Waals surface area contributed by atoms with Crippen molar-refractivity contribution in [2.24, 2.45) is 0 Å². The smallest absolute Gasteiger partial charge is 0.235 e. The second-order valence-electron chi connectivity index (χ2n) is 3.40. The highest BCUT2D eigenvalue weighted by molar-refractivity contribution is 14.1. The number of halogens is 1. The van der Waals surface area contributed by atoms with Gasteiger partial charge in [0, 0.05) is 12.8 Å². The van der Waals surface area contributed by atoms with Crippen LogP contribution in [0.1, 0.15) is 5.56 Å². The van der Waals surface area contributed by atoms with Gasteiger partial charge in [0.25, 0.3) is 0 Å². The summed E-state index contributed by atoms with van der Waals surface area (Å²) in [5, 5.41) is 8.81. The zero-order valence-electron chi connectivity index (χ0n) is 9.01. The maximum Gasteiger partial charge on any atom is 0.235 e. The first-order valence-electron chi connectivity index (χ1n) is 5.13. The summed E-state index contributed by atoms with van der Waals surface area (Å²) in [5.41, 5.74) is 1.08. The minimum atomic E-state index is 0.157. The fraction of sp³-hybridized carbons (Fsp3) is 0.167. The van der Waals surface area contributed by atoms with Crippen molar-refractivity contribution in [1.29, 1.82) is 0 Å². The largest absolute Gasteiger partial charge is 0.438 e. The molecule has 1 heterocycles. The van der Waals surface area contributed by atoms with Crippen LogP contribution in [0.25, 0.3) is 0 Å². The van der Waals surface area contributed by atoms with Crippen LogP contribution in [0.4, 0.5) is 0 Å². The summed E-state index contributed by atoms with van der Waals surface area (Å²) >= 11 is 2.12. The monoisotopic (exact) mass is 342 g/mol. The first-order valence-corrected chi connectivity index (χ1v) is 6.20. The van der Waals surface area contributed by atoms with Crippen LogP contribution in [-0.4, -0.2) is 21.7 Å². The molecule has 0 atom stereocenters. The van der Waals surface area contributed by atoms with Crippen molar-refractivity contribution in [3.63, 3.8) is 0 Å². The molecule has 1 aromatic heterocycles. The van der Waals surface area contributed by atoms with Crippen molar-refractivity contribution in [3.05, 3.63) is 45.9 Å². The molecule has 2 rings (SSSR count). The fourth-order valence-electron chi connectivity index (χ4n) is 1.34. The summed E-state index contributed by atoms with van der Waals surface area (Å²) in [6.45, 7) is 0.157. The van der Waals surface area contributed by atoms with E-state index in [1.165, 1.54) is 6.33 Å². The Hall–Kier alpha value is -1.21. The Labute approximate surface area is 113 Å². The van der Waals surface area contributed by atoms with Gasteiger partial charge in [-0.3, -0.25) is 0 Å². The number of benzene rings is 1. The van der Waals surface area contributed by atoms with Gasteiger partial charge in [-0.15, -0.1) is 0 Å². The van der Waals surface area contributed by atoms with Gasteiger partial charge in [-0.1, -0.05) is 12.1 Å². The van der Waals surface area contributed by atoms with Gasteiger partial charge < -0.3 is 9.84 Å². The number of ether oxygens (including phenoxy) is 1. The molecule has 0 bridgehead atoms. The van der Waals surface area contributed by atoms with Gasteiger partial charge in [0.1, 0.15) is 12.1 Å². The van der Waals surface area contributed by atoms with Crippen LogP contribution < -0.4 is 4.74 Å². The van der Waals surface area contributed by atoms with Gasteiger partial charge in [-0.2, -0.15) is 0 Å². The molecule has 0 aliphatic heterocycles. The third-order valence-corrected chi connectivity index (χ3v) is 2.91. The van der Waals surface area contributed by atoms with Crippen molar-refractivity contribution in [1.82, 2.24) is 9.97 Å². The molecule has 1 aromatic carbocycles. The van der Waals surface area contributed by atoms with Crippen LogP contribution in [0.2, 0.25) is 0 Å². The number of hydrogen-bond donors (Lipinski definition) is 1. The van der Waals surface area contributed by atoms with Gasteiger partial charge in [-0.05, 0) is 46.7 Å². The second-order valence-corrected chi connectivity index (χ2v) is 4.56. The molecule has 0 radical (unpaired) electrons. The highest BCUT2D eigenvalue weighted by Gasteiger charge is 2.03. The molecule has 0 saturated heterocycles. The summed E-state index contributed by atoms with van der Waals surface area (Å²) in [7, 11) is 0. The predicted molar refractivity (Wildman–Crippen MR) is 72.1 cm³/mol. The highest BCUT2D eigenvalue weighted by Crippen LogP contribution is 2.23. The van der Waals surface area contributed by atoms with Gasteiger partial charge >= 0.3 is 0 Å². The Morgan fingerprint density at radius 2 is 2.00 bits per heavy atom. The fourth-order valence-corrected chi connectivity index (χ4v) is 1.75. The Balaban J connectivity index is 2.11. The molecule has 0 spiro atoms. The van der Waals surface area contributed by atoms with E-state index in [2.05, 4.69) is 32.6 Å². The third kappa shape index (κ3) is 3.37. The van der Waals surface area contributed by atoms with E-state index < -0.39 is 0 Å². The van der Waals surface area contributed by atoms with E-state index in [0.717, 1.165) is 14.9 Å². The Morgan fingerprint density at radius 1 is 1.24 bits per heavy atom. The summed E-state index contributed by atoms with van der Waals surface area (Å²) in [6, 6.07) is 7.59. The average molecular weight is 342 g/mol. The number of aliphatic hydroxyl groups is 1. The molecule has 0 aliphatic carbocycles. The van der Waals surface area contributed by atoms with Crippen LogP contribution in [0.5, 0.6) is 11.6 Å². The molecule has 0 fully saturated rings. The van der Waals surface area contributed by atoms with E-state index in [4.69, 9.17) is 9.84 Å². The lowest BCUT2D eigenvalue weighted by Crippen LogP contribution is -1.93. The van der Waals surface area contributed by atoms with Crippen LogP contribution in [0.3, 0.4) is 0 Å². The zero-order chi connectivity index (χ0) is 12.1. The number of aromatic nitrogens is 2. The molecule has 2 aromatic rings. The lowest BCUT2D eigenvalue weighted by Gasteiger charge is -2.06. The van der Waals surface area contributed by atoms with Crippen LogP contribution >= 0.6 is 22.6 Å². The minimum Gasteiger partial charge on any atom is -0.438 e. The Kier molecular flexibility index (Phi) is 4.27. The van der Waals surface area contributed by atoms with Gasteiger partial charge in [-0.25, -0.2) is 9.97 Å². The molecular weight excluding hydrogens is 331 g/mol. The normalized spacial score (nSPS) is 10.2. The van der Waals surface area contributed by atoms with Gasteiger partial charge in [0.05, 0.1) is 3.57 Å². The second kappa shape index (κ2) is 5.92. The molecule has 4 nitrogen and oxygen atoms in total. The number of nitrogens with zero attached hydrogens (tertiary/aromatic N) is 2. The molecule has 88 valence electrons. The zero-order valence-corrected chi connectivity index (χ0v) is 11.2. The highest BCUT2D eigenvalue weighted by atomic mass is 127. The number of aliphatic hydroxyl groups excluding tert-OH is 1. The summed E-state index contributed by atoms with van der Waals surface area (Å²) in [5.74, 6) is 1.28. The maximum absolute atomic E-state index is 8.81. The molecule has 0 unspecified atom stereocenters. The third-order valence-electron chi connectivity index (χ3n) is 2.17. The first kappa shape index (κ1) is 12.3. The number of rotatable bonds is 4. The van der Waals surface area contributed by atoms with Crippen molar-refractivity contribution in [2.75, 3.05) is 6.61 Å². The lowest BCUT2D eigenvalue weighted by atomic mass is 10.1. The van der Waals surface area contributed by atoms with Crippen LogP contribution in [-0.2, 0) is 6.42 Å². The van der Waals surface area contributed by atoms with E-state index >= 15 is 0 Å². The molecular formula is C12H11IN2O2. The van der Waals surface area contributed by atoms with E-state index in [1.807, 2.05) is 24.3 Å². The summed E-state index contributed by atoms with van der Waals surface area (Å²) in [4.78, 5) is 7.95. The Morgan fingerprint density at radius 3 is 2.65 bits per heavy atom. The molecule has 17 heavy (non-hydrogen) atoms. The summed E-state index contributed by atoms with van der Waals surface area (Å²) < 4.78 is 6.49. The molecule has 0 saturated carbocycles. The van der Waals surface area contributed by atoms with Crippen LogP contribution in [0.15, 0.2) is 36.8 Å². The van der Waals surface area contributed by atoms with E-state index in [-0.39, 0.29) is 6.61 Å². The SMILES string of the molecule is OCCc1ccc(Oc2ncncc2I)cc1. The van der Waals surface area contributed by atoms with Crippen molar-refractivity contribution >= 4 is 22.6 Å². The van der Waals surface area contributed by atoms with E-state index in [1.54, 1.807) is 6.20 Å².